The number of hydrogen-bond acceptors (Lipinski definition) is 4. The lowest BCUT2D eigenvalue weighted by Crippen LogP contribution is -2.40. The molecule has 26 heavy (non-hydrogen) atoms. The zero-order valence-electron chi connectivity index (χ0n) is 14.4. The van der Waals surface area contributed by atoms with Crippen LogP contribution in [0.3, 0.4) is 0 Å². The minimum Gasteiger partial charge on any atom is -0.496 e. The number of halogens is 1. The van der Waals surface area contributed by atoms with Crippen LogP contribution < -0.4 is 4.74 Å². The summed E-state index contributed by atoms with van der Waals surface area (Å²) in [4.78, 5) is 14.7. The summed E-state index contributed by atoms with van der Waals surface area (Å²) in [5, 5.41) is 0. The van der Waals surface area contributed by atoms with E-state index >= 15 is 0 Å². The number of carbonyl (C=O) groups is 1. The van der Waals surface area contributed by atoms with E-state index in [9.17, 15) is 17.6 Å². The average molecular weight is 377 g/mol. The van der Waals surface area contributed by atoms with Crippen LogP contribution in [0.5, 0.6) is 5.75 Å². The number of methoxy groups -OCH3 is 1. The van der Waals surface area contributed by atoms with Gasteiger partial charge in [-0.2, -0.15) is 0 Å². The highest BCUT2D eigenvalue weighted by atomic mass is 32.2. The normalized spacial score (nSPS) is 18.5. The van der Waals surface area contributed by atoms with Crippen LogP contribution in [-0.4, -0.2) is 43.9 Å². The molecular formula is C19H20FNO4S. The molecule has 1 aliphatic heterocycles. The van der Waals surface area contributed by atoms with Gasteiger partial charge in [0.15, 0.2) is 9.84 Å². The van der Waals surface area contributed by atoms with Crippen LogP contribution in [0, 0.1) is 5.82 Å². The second-order valence-corrected chi connectivity index (χ2v) is 8.55. The zero-order valence-corrected chi connectivity index (χ0v) is 15.2. The van der Waals surface area contributed by atoms with E-state index in [4.69, 9.17) is 4.74 Å². The number of hydrogen-bond donors (Lipinski definition) is 0. The standard InChI is InChI=1S/C19H20FNO4S/c1-25-18-8-3-2-7-17(18)19(22)21(16-9-10-26(23,24)13-16)12-14-5-4-6-15(20)11-14/h2-8,11,16H,9-10,12-13H2,1H3/t16-/m0/s1. The lowest BCUT2D eigenvalue weighted by Gasteiger charge is -2.29. The number of carbonyl (C=O) groups excluding carboxylic acids is 1. The fraction of sp³-hybridized carbons (Fsp3) is 0.316. The van der Waals surface area contributed by atoms with Gasteiger partial charge in [-0.05, 0) is 36.2 Å². The maximum absolute atomic E-state index is 13.5. The molecule has 0 N–H and O–H groups in total. The predicted octanol–water partition coefficient (Wildman–Crippen LogP) is 2.66. The number of para-hydroxylation sites is 1. The fourth-order valence-electron chi connectivity index (χ4n) is 3.20. The summed E-state index contributed by atoms with van der Waals surface area (Å²) < 4.78 is 42.6. The lowest BCUT2D eigenvalue weighted by molar-refractivity contribution is 0.0677. The van der Waals surface area contributed by atoms with Crippen molar-refractivity contribution >= 4 is 15.7 Å². The highest BCUT2D eigenvalue weighted by Crippen LogP contribution is 2.26. The summed E-state index contributed by atoms with van der Waals surface area (Å²) in [5.74, 6) is -0.331. The molecule has 1 heterocycles. The van der Waals surface area contributed by atoms with Gasteiger partial charge in [-0.15, -0.1) is 0 Å². The smallest absolute Gasteiger partial charge is 0.258 e. The van der Waals surface area contributed by atoms with Gasteiger partial charge in [0.2, 0.25) is 0 Å². The molecule has 0 aliphatic carbocycles. The van der Waals surface area contributed by atoms with Crippen LogP contribution in [0.4, 0.5) is 4.39 Å². The van der Waals surface area contributed by atoms with Crippen molar-refractivity contribution in [2.75, 3.05) is 18.6 Å². The van der Waals surface area contributed by atoms with Crippen LogP contribution in [0.1, 0.15) is 22.3 Å². The molecule has 0 radical (unpaired) electrons. The molecule has 1 saturated heterocycles. The van der Waals surface area contributed by atoms with E-state index in [1.54, 1.807) is 36.4 Å². The van der Waals surface area contributed by atoms with Gasteiger partial charge in [0.05, 0.1) is 24.2 Å². The van der Waals surface area contributed by atoms with Crippen molar-refractivity contribution in [2.45, 2.75) is 19.0 Å². The summed E-state index contributed by atoms with van der Waals surface area (Å²) in [7, 11) is -1.70. The Hall–Kier alpha value is -2.41. The van der Waals surface area contributed by atoms with E-state index < -0.39 is 21.7 Å². The lowest BCUT2D eigenvalue weighted by atomic mass is 10.1. The molecule has 2 aromatic carbocycles. The van der Waals surface area contributed by atoms with Crippen LogP contribution in [0.15, 0.2) is 48.5 Å². The second-order valence-electron chi connectivity index (χ2n) is 6.32. The van der Waals surface area contributed by atoms with E-state index in [1.807, 2.05) is 0 Å². The van der Waals surface area contributed by atoms with Crippen molar-refractivity contribution in [1.29, 1.82) is 0 Å². The molecule has 1 fully saturated rings. The highest BCUT2D eigenvalue weighted by Gasteiger charge is 2.35. The number of amides is 1. The van der Waals surface area contributed by atoms with Crippen molar-refractivity contribution in [3.63, 3.8) is 0 Å². The third-order valence-corrected chi connectivity index (χ3v) is 6.24. The SMILES string of the molecule is COc1ccccc1C(=O)N(Cc1cccc(F)c1)[C@H]1CCS(=O)(=O)C1. The Bertz CT molecular complexity index is 913. The first kappa shape index (κ1) is 18.4. The van der Waals surface area contributed by atoms with Crippen molar-refractivity contribution in [2.24, 2.45) is 0 Å². The van der Waals surface area contributed by atoms with Gasteiger partial charge in [-0.25, -0.2) is 12.8 Å². The molecule has 0 spiro atoms. The monoisotopic (exact) mass is 377 g/mol. The summed E-state index contributed by atoms with van der Waals surface area (Å²) in [6.07, 6.45) is 0.374. The van der Waals surface area contributed by atoms with Crippen molar-refractivity contribution < 1.29 is 22.3 Å². The van der Waals surface area contributed by atoms with Crippen molar-refractivity contribution in [3.8, 4) is 5.75 Å². The molecule has 1 amide bonds. The van der Waals surface area contributed by atoms with Crippen LogP contribution in [-0.2, 0) is 16.4 Å². The first-order valence-electron chi connectivity index (χ1n) is 8.28. The zero-order chi connectivity index (χ0) is 18.7. The molecule has 5 nitrogen and oxygen atoms in total. The minimum atomic E-state index is -3.17. The summed E-state index contributed by atoms with van der Waals surface area (Å²) >= 11 is 0. The molecule has 2 aromatic rings. The first-order chi connectivity index (χ1) is 12.4. The molecule has 0 unspecified atom stereocenters. The Labute approximate surface area is 152 Å². The topological polar surface area (TPSA) is 63.7 Å². The minimum absolute atomic E-state index is 0.0521. The fourth-order valence-corrected chi connectivity index (χ4v) is 4.93. The molecule has 0 bridgehead atoms. The molecule has 7 heteroatoms. The summed E-state index contributed by atoms with van der Waals surface area (Å²) in [6.45, 7) is 0.134. The Balaban J connectivity index is 1.95. The number of benzene rings is 2. The van der Waals surface area contributed by atoms with Gasteiger partial charge in [0, 0.05) is 12.6 Å². The summed E-state index contributed by atoms with van der Waals surface area (Å²) in [5.41, 5.74) is 0.966. The Morgan fingerprint density at radius 2 is 2.00 bits per heavy atom. The first-order valence-corrected chi connectivity index (χ1v) is 10.1. The van der Waals surface area contributed by atoms with Gasteiger partial charge in [0.25, 0.3) is 5.91 Å². The largest absolute Gasteiger partial charge is 0.496 e. The highest BCUT2D eigenvalue weighted by molar-refractivity contribution is 7.91. The van der Waals surface area contributed by atoms with Gasteiger partial charge in [0.1, 0.15) is 11.6 Å². The predicted molar refractivity (Wildman–Crippen MR) is 96.3 cm³/mol. The van der Waals surface area contributed by atoms with Crippen LogP contribution in [0.2, 0.25) is 0 Å². The van der Waals surface area contributed by atoms with E-state index in [0.717, 1.165) is 0 Å². The van der Waals surface area contributed by atoms with E-state index in [0.29, 0.717) is 23.3 Å². The van der Waals surface area contributed by atoms with Gasteiger partial charge >= 0.3 is 0 Å². The Morgan fingerprint density at radius 3 is 2.65 bits per heavy atom. The third kappa shape index (κ3) is 4.04. The van der Waals surface area contributed by atoms with Crippen LogP contribution >= 0.6 is 0 Å². The van der Waals surface area contributed by atoms with Gasteiger partial charge in [-0.3, -0.25) is 4.79 Å². The third-order valence-electron chi connectivity index (χ3n) is 4.49. The molecule has 138 valence electrons. The molecule has 1 aliphatic rings. The van der Waals surface area contributed by atoms with Crippen molar-refractivity contribution in [1.82, 2.24) is 4.90 Å². The van der Waals surface area contributed by atoms with E-state index in [2.05, 4.69) is 0 Å². The Morgan fingerprint density at radius 1 is 1.23 bits per heavy atom. The van der Waals surface area contributed by atoms with E-state index in [1.165, 1.54) is 24.1 Å². The molecule has 0 saturated carbocycles. The quantitative estimate of drug-likeness (QED) is 0.804. The molecule has 0 aromatic heterocycles. The average Bonchev–Trinajstić information content (AvgIpc) is 2.98. The summed E-state index contributed by atoms with van der Waals surface area (Å²) in [6, 6.07) is 12.3. The van der Waals surface area contributed by atoms with Crippen LogP contribution in [0.25, 0.3) is 0 Å². The Kier molecular flexibility index (Phi) is 5.27. The molecule has 1 atom stereocenters. The number of rotatable bonds is 5. The van der Waals surface area contributed by atoms with E-state index in [-0.39, 0.29) is 24.0 Å². The number of ether oxygens (including phenoxy) is 1. The number of nitrogens with zero attached hydrogens (tertiary/aromatic N) is 1. The van der Waals surface area contributed by atoms with Gasteiger partial charge < -0.3 is 9.64 Å². The maximum Gasteiger partial charge on any atom is 0.258 e. The molecular weight excluding hydrogens is 357 g/mol. The number of sulfone groups is 1. The van der Waals surface area contributed by atoms with Crippen molar-refractivity contribution in [3.05, 3.63) is 65.5 Å². The maximum atomic E-state index is 13.5. The van der Waals surface area contributed by atoms with Gasteiger partial charge in [-0.1, -0.05) is 24.3 Å². The second kappa shape index (κ2) is 7.45. The molecule has 3 rings (SSSR count).